The molecule has 2 N–H and O–H groups in total. The molecule has 0 radical (unpaired) electrons. The Morgan fingerprint density at radius 1 is 1.37 bits per heavy atom. The first-order valence-corrected chi connectivity index (χ1v) is 5.87. The number of carbonyl (C=O) groups is 1. The Morgan fingerprint density at radius 3 is 2.74 bits per heavy atom. The Labute approximate surface area is 111 Å². The van der Waals surface area contributed by atoms with E-state index in [2.05, 4.69) is 10.2 Å². The molecule has 0 fully saturated rings. The van der Waals surface area contributed by atoms with Crippen LogP contribution in [0, 0.1) is 13.8 Å². The van der Waals surface area contributed by atoms with Gasteiger partial charge in [0.1, 0.15) is 5.82 Å². The van der Waals surface area contributed by atoms with Crippen molar-refractivity contribution in [2.24, 2.45) is 7.05 Å². The number of anilines is 1. The summed E-state index contributed by atoms with van der Waals surface area (Å²) in [5.74, 6) is 0.903. The van der Waals surface area contributed by atoms with Crippen molar-refractivity contribution >= 4 is 11.7 Å². The second-order valence-electron chi connectivity index (χ2n) is 4.39. The zero-order valence-corrected chi connectivity index (χ0v) is 11.2. The molecular weight excluding hydrogens is 244 g/mol. The molecule has 0 aliphatic heterocycles. The Morgan fingerprint density at radius 2 is 2.11 bits per heavy atom. The number of hydrogen-bond acceptors (Lipinski definition) is 5. The molecule has 6 nitrogen and oxygen atoms in total. The molecule has 1 aromatic heterocycles. The van der Waals surface area contributed by atoms with E-state index in [1.807, 2.05) is 27.0 Å². The third-order valence-corrected chi connectivity index (χ3v) is 2.94. The normalized spacial score (nSPS) is 10.5. The molecule has 1 aromatic carbocycles. The van der Waals surface area contributed by atoms with Gasteiger partial charge in [0, 0.05) is 12.7 Å². The van der Waals surface area contributed by atoms with Crippen LogP contribution in [0.2, 0.25) is 0 Å². The zero-order chi connectivity index (χ0) is 14.0. The van der Waals surface area contributed by atoms with E-state index in [1.54, 1.807) is 16.7 Å². The number of carbonyl (C=O) groups excluding carboxylic acids is 1. The van der Waals surface area contributed by atoms with Gasteiger partial charge in [-0.25, -0.2) is 4.79 Å². The van der Waals surface area contributed by atoms with Crippen molar-refractivity contribution < 1.29 is 9.53 Å². The number of rotatable bonds is 3. The third-order valence-electron chi connectivity index (χ3n) is 2.94. The van der Waals surface area contributed by atoms with Gasteiger partial charge < -0.3 is 15.0 Å². The zero-order valence-electron chi connectivity index (χ0n) is 11.2. The summed E-state index contributed by atoms with van der Waals surface area (Å²) in [4.78, 5) is 11.9. The molecule has 1 heterocycles. The number of aryl methyl sites for hydroxylation is 2. The van der Waals surface area contributed by atoms with Gasteiger partial charge in [-0.3, -0.25) is 0 Å². The van der Waals surface area contributed by atoms with Crippen LogP contribution in [0.4, 0.5) is 5.69 Å². The van der Waals surface area contributed by atoms with Crippen LogP contribution in [-0.2, 0) is 18.4 Å². The average molecular weight is 260 g/mol. The summed E-state index contributed by atoms with van der Waals surface area (Å²) < 4.78 is 6.97. The maximum absolute atomic E-state index is 11.9. The van der Waals surface area contributed by atoms with E-state index in [0.717, 1.165) is 11.4 Å². The average Bonchev–Trinajstić information content (AvgIpc) is 2.70. The number of ether oxygens (including phenoxy) is 1. The van der Waals surface area contributed by atoms with Crippen LogP contribution in [0.25, 0.3) is 0 Å². The standard InChI is InChI=1S/C13H16N4O2/c1-8-4-5-11(14)10(6-8)13(18)19-7-12-16-15-9(2)17(12)3/h4-6H,7,14H2,1-3H3. The minimum atomic E-state index is -0.457. The van der Waals surface area contributed by atoms with Gasteiger partial charge in [-0.1, -0.05) is 11.6 Å². The molecule has 0 spiro atoms. The summed E-state index contributed by atoms with van der Waals surface area (Å²) in [6.07, 6.45) is 0. The molecule has 100 valence electrons. The highest BCUT2D eigenvalue weighted by atomic mass is 16.5. The minimum Gasteiger partial charge on any atom is -0.454 e. The lowest BCUT2D eigenvalue weighted by molar-refractivity contribution is 0.0460. The molecule has 0 amide bonds. The van der Waals surface area contributed by atoms with Crippen LogP contribution in [-0.4, -0.2) is 20.7 Å². The fourth-order valence-corrected chi connectivity index (χ4v) is 1.63. The van der Waals surface area contributed by atoms with Gasteiger partial charge >= 0.3 is 5.97 Å². The maximum atomic E-state index is 11.9. The molecule has 2 aromatic rings. The van der Waals surface area contributed by atoms with Crippen molar-refractivity contribution in [3.8, 4) is 0 Å². The molecule has 0 unspecified atom stereocenters. The molecule has 2 rings (SSSR count). The van der Waals surface area contributed by atoms with Gasteiger partial charge in [-0.2, -0.15) is 0 Å². The lowest BCUT2D eigenvalue weighted by Crippen LogP contribution is -2.11. The predicted molar refractivity (Wildman–Crippen MR) is 70.5 cm³/mol. The number of nitrogen functional groups attached to an aromatic ring is 1. The van der Waals surface area contributed by atoms with Gasteiger partial charge in [-0.15, -0.1) is 10.2 Å². The Kier molecular flexibility index (Phi) is 3.50. The summed E-state index contributed by atoms with van der Waals surface area (Å²) in [5, 5.41) is 7.82. The first-order chi connectivity index (χ1) is 8.99. The van der Waals surface area contributed by atoms with E-state index in [-0.39, 0.29) is 6.61 Å². The second kappa shape index (κ2) is 5.09. The van der Waals surface area contributed by atoms with E-state index < -0.39 is 5.97 Å². The van der Waals surface area contributed by atoms with Gasteiger partial charge in [-0.05, 0) is 26.0 Å². The topological polar surface area (TPSA) is 83.0 Å². The highest BCUT2D eigenvalue weighted by Crippen LogP contribution is 2.15. The van der Waals surface area contributed by atoms with Crippen LogP contribution in [0.3, 0.4) is 0 Å². The third kappa shape index (κ3) is 2.73. The van der Waals surface area contributed by atoms with Gasteiger partial charge in [0.15, 0.2) is 12.4 Å². The van der Waals surface area contributed by atoms with E-state index in [0.29, 0.717) is 17.1 Å². The van der Waals surface area contributed by atoms with E-state index in [4.69, 9.17) is 10.5 Å². The van der Waals surface area contributed by atoms with E-state index in [9.17, 15) is 4.79 Å². The molecule has 19 heavy (non-hydrogen) atoms. The lowest BCUT2D eigenvalue weighted by atomic mass is 10.1. The summed E-state index contributed by atoms with van der Waals surface area (Å²) in [5.41, 5.74) is 7.49. The number of nitrogens with two attached hydrogens (primary N) is 1. The molecular formula is C13H16N4O2. The number of aromatic nitrogens is 3. The monoisotopic (exact) mass is 260 g/mol. The first-order valence-electron chi connectivity index (χ1n) is 5.87. The minimum absolute atomic E-state index is 0.0730. The molecule has 0 atom stereocenters. The van der Waals surface area contributed by atoms with Crippen molar-refractivity contribution in [1.82, 2.24) is 14.8 Å². The van der Waals surface area contributed by atoms with Crippen molar-refractivity contribution in [2.45, 2.75) is 20.5 Å². The van der Waals surface area contributed by atoms with Crippen LogP contribution in [0.15, 0.2) is 18.2 Å². The van der Waals surface area contributed by atoms with E-state index in [1.165, 1.54) is 0 Å². The number of esters is 1. The van der Waals surface area contributed by atoms with Crippen molar-refractivity contribution in [1.29, 1.82) is 0 Å². The Bertz CT molecular complexity index is 619. The number of nitrogens with zero attached hydrogens (tertiary/aromatic N) is 3. The van der Waals surface area contributed by atoms with Crippen molar-refractivity contribution in [3.63, 3.8) is 0 Å². The largest absolute Gasteiger partial charge is 0.454 e. The SMILES string of the molecule is Cc1ccc(N)c(C(=O)OCc2nnc(C)n2C)c1. The fourth-order valence-electron chi connectivity index (χ4n) is 1.63. The molecule has 0 aliphatic rings. The lowest BCUT2D eigenvalue weighted by Gasteiger charge is -2.07. The summed E-state index contributed by atoms with van der Waals surface area (Å²) >= 11 is 0. The number of benzene rings is 1. The predicted octanol–water partition coefficient (Wildman–Crippen LogP) is 1.37. The van der Waals surface area contributed by atoms with Gasteiger partial charge in [0.05, 0.1) is 5.56 Å². The quantitative estimate of drug-likeness (QED) is 0.665. The molecule has 6 heteroatoms. The Hall–Kier alpha value is -2.37. The van der Waals surface area contributed by atoms with Crippen LogP contribution >= 0.6 is 0 Å². The molecule has 0 aliphatic carbocycles. The number of hydrogen-bond donors (Lipinski definition) is 1. The smallest absolute Gasteiger partial charge is 0.340 e. The molecule has 0 saturated carbocycles. The van der Waals surface area contributed by atoms with Crippen LogP contribution in [0.5, 0.6) is 0 Å². The Balaban J connectivity index is 2.09. The van der Waals surface area contributed by atoms with Crippen molar-refractivity contribution in [2.75, 3.05) is 5.73 Å². The van der Waals surface area contributed by atoms with Gasteiger partial charge in [0.2, 0.25) is 0 Å². The highest BCUT2D eigenvalue weighted by Gasteiger charge is 2.13. The maximum Gasteiger partial charge on any atom is 0.340 e. The summed E-state index contributed by atoms with van der Waals surface area (Å²) in [7, 11) is 1.82. The molecule has 0 saturated heterocycles. The fraction of sp³-hybridized carbons (Fsp3) is 0.308. The van der Waals surface area contributed by atoms with Crippen LogP contribution < -0.4 is 5.73 Å². The van der Waals surface area contributed by atoms with E-state index >= 15 is 0 Å². The first kappa shape index (κ1) is 13.1. The van der Waals surface area contributed by atoms with Crippen LogP contribution in [0.1, 0.15) is 27.6 Å². The van der Waals surface area contributed by atoms with Gasteiger partial charge in [0.25, 0.3) is 0 Å². The summed E-state index contributed by atoms with van der Waals surface area (Å²) in [6, 6.07) is 5.25. The highest BCUT2D eigenvalue weighted by molar-refractivity contribution is 5.95. The summed E-state index contributed by atoms with van der Waals surface area (Å²) in [6.45, 7) is 3.79. The van der Waals surface area contributed by atoms with Crippen molar-refractivity contribution in [3.05, 3.63) is 41.0 Å². The molecule has 0 bridgehead atoms. The second-order valence-corrected chi connectivity index (χ2v) is 4.39.